The van der Waals surface area contributed by atoms with Gasteiger partial charge in [-0.1, -0.05) is 35.7 Å². The van der Waals surface area contributed by atoms with Crippen LogP contribution in [0.15, 0.2) is 24.3 Å². The van der Waals surface area contributed by atoms with E-state index in [0.29, 0.717) is 0 Å². The number of hydrogen-bond acceptors (Lipinski definition) is 1. The lowest BCUT2D eigenvalue weighted by molar-refractivity contribution is 0.0528. The summed E-state index contributed by atoms with van der Waals surface area (Å²) in [4.78, 5) is 2.37. The molecule has 0 aromatic heterocycles. The monoisotopic (exact) mass is 243 g/mol. The van der Waals surface area contributed by atoms with Crippen molar-refractivity contribution in [3.63, 3.8) is 0 Å². The van der Waals surface area contributed by atoms with E-state index in [1.54, 1.807) is 0 Å². The fraction of sp³-hybridized carbons (Fsp3) is 0.529. The minimum absolute atomic E-state index is 0.0424. The minimum Gasteiger partial charge on any atom is -0.279 e. The SMILES string of the molecule is C#CC(C)(C)N(Cc1ccc(C)cc1)C(C)(C)C. The van der Waals surface area contributed by atoms with E-state index in [-0.39, 0.29) is 11.1 Å². The molecule has 1 nitrogen and oxygen atoms in total. The highest BCUT2D eigenvalue weighted by Crippen LogP contribution is 2.27. The zero-order valence-corrected chi connectivity index (χ0v) is 12.5. The second kappa shape index (κ2) is 5.16. The highest BCUT2D eigenvalue weighted by atomic mass is 15.2. The summed E-state index contributed by atoms with van der Waals surface area (Å²) in [6.45, 7) is 13.8. The summed E-state index contributed by atoms with van der Waals surface area (Å²) in [6.07, 6.45) is 5.69. The summed E-state index contributed by atoms with van der Waals surface area (Å²) < 4.78 is 0. The van der Waals surface area contributed by atoms with E-state index in [0.717, 1.165) is 6.54 Å². The predicted molar refractivity (Wildman–Crippen MR) is 79.4 cm³/mol. The minimum atomic E-state index is -0.247. The van der Waals surface area contributed by atoms with Gasteiger partial charge in [0.15, 0.2) is 0 Å². The summed E-state index contributed by atoms with van der Waals surface area (Å²) in [6, 6.07) is 8.67. The Hall–Kier alpha value is -1.26. The molecule has 0 aliphatic heterocycles. The molecule has 1 aromatic carbocycles. The zero-order valence-electron chi connectivity index (χ0n) is 12.5. The van der Waals surface area contributed by atoms with Crippen LogP contribution in [0.1, 0.15) is 45.7 Å². The molecule has 0 saturated carbocycles. The Bertz CT molecular complexity index is 426. The van der Waals surface area contributed by atoms with Crippen molar-refractivity contribution in [2.45, 2.75) is 59.2 Å². The highest BCUT2D eigenvalue weighted by Gasteiger charge is 2.33. The second-order valence-corrected chi connectivity index (χ2v) is 6.45. The van der Waals surface area contributed by atoms with Crippen LogP contribution in [-0.4, -0.2) is 16.0 Å². The lowest BCUT2D eigenvalue weighted by Gasteiger charge is -2.44. The van der Waals surface area contributed by atoms with Crippen LogP contribution in [0.25, 0.3) is 0 Å². The molecule has 1 rings (SSSR count). The van der Waals surface area contributed by atoms with E-state index in [4.69, 9.17) is 6.42 Å². The summed E-state index contributed by atoms with van der Waals surface area (Å²) >= 11 is 0. The maximum absolute atomic E-state index is 5.69. The first-order valence-corrected chi connectivity index (χ1v) is 6.48. The number of rotatable bonds is 3. The molecule has 18 heavy (non-hydrogen) atoms. The largest absolute Gasteiger partial charge is 0.279 e. The maximum Gasteiger partial charge on any atom is 0.0773 e. The van der Waals surface area contributed by atoms with Crippen LogP contribution in [0.5, 0.6) is 0 Å². The summed E-state index contributed by atoms with van der Waals surface area (Å²) in [5.41, 5.74) is 2.39. The fourth-order valence-electron chi connectivity index (χ4n) is 2.23. The first-order chi connectivity index (χ1) is 8.16. The Balaban J connectivity index is 3.01. The lowest BCUT2D eigenvalue weighted by Crippen LogP contribution is -2.52. The third kappa shape index (κ3) is 3.62. The van der Waals surface area contributed by atoms with Gasteiger partial charge in [-0.05, 0) is 47.1 Å². The van der Waals surface area contributed by atoms with E-state index >= 15 is 0 Å². The van der Waals surface area contributed by atoms with Crippen LogP contribution < -0.4 is 0 Å². The molecule has 98 valence electrons. The Labute approximate surface area is 112 Å². The number of nitrogens with zero attached hydrogens (tertiary/aromatic N) is 1. The number of terminal acetylenes is 1. The topological polar surface area (TPSA) is 3.24 Å². The van der Waals surface area contributed by atoms with Gasteiger partial charge in [0.2, 0.25) is 0 Å². The molecule has 0 atom stereocenters. The first kappa shape index (κ1) is 14.8. The van der Waals surface area contributed by atoms with E-state index in [2.05, 4.69) is 76.6 Å². The Kier molecular flexibility index (Phi) is 4.24. The molecular weight excluding hydrogens is 218 g/mol. The molecule has 0 aliphatic carbocycles. The van der Waals surface area contributed by atoms with Crippen molar-refractivity contribution in [2.24, 2.45) is 0 Å². The van der Waals surface area contributed by atoms with Crippen LogP contribution in [0, 0.1) is 19.3 Å². The molecule has 0 heterocycles. The maximum atomic E-state index is 5.69. The van der Waals surface area contributed by atoms with Gasteiger partial charge in [-0.3, -0.25) is 4.90 Å². The zero-order chi connectivity index (χ0) is 14.0. The molecule has 0 unspecified atom stereocenters. The normalized spacial score (nSPS) is 12.6. The van der Waals surface area contributed by atoms with Crippen molar-refractivity contribution in [1.29, 1.82) is 0 Å². The number of benzene rings is 1. The first-order valence-electron chi connectivity index (χ1n) is 6.48. The molecule has 0 aliphatic rings. The molecule has 0 bridgehead atoms. The number of aryl methyl sites for hydroxylation is 1. The average Bonchev–Trinajstić information content (AvgIpc) is 2.26. The molecular formula is C17H25N. The second-order valence-electron chi connectivity index (χ2n) is 6.45. The van der Waals surface area contributed by atoms with Gasteiger partial charge in [-0.15, -0.1) is 6.42 Å². The summed E-state index contributed by atoms with van der Waals surface area (Å²) in [7, 11) is 0. The summed E-state index contributed by atoms with van der Waals surface area (Å²) in [5, 5.41) is 0. The van der Waals surface area contributed by atoms with Crippen molar-refractivity contribution in [3.05, 3.63) is 35.4 Å². The lowest BCUT2D eigenvalue weighted by atomic mass is 9.94. The van der Waals surface area contributed by atoms with Gasteiger partial charge in [0, 0.05) is 12.1 Å². The summed E-state index contributed by atoms with van der Waals surface area (Å²) in [5.74, 6) is 2.91. The molecule has 0 radical (unpaired) electrons. The van der Waals surface area contributed by atoms with Gasteiger partial charge < -0.3 is 0 Å². The van der Waals surface area contributed by atoms with Gasteiger partial charge >= 0.3 is 0 Å². The van der Waals surface area contributed by atoms with E-state index in [1.807, 2.05) is 0 Å². The smallest absolute Gasteiger partial charge is 0.0773 e. The molecule has 0 amide bonds. The van der Waals surface area contributed by atoms with Crippen LogP contribution in [-0.2, 0) is 6.54 Å². The fourth-order valence-corrected chi connectivity index (χ4v) is 2.23. The Morgan fingerprint density at radius 3 is 1.94 bits per heavy atom. The van der Waals surface area contributed by atoms with Crippen molar-refractivity contribution in [2.75, 3.05) is 0 Å². The van der Waals surface area contributed by atoms with Gasteiger partial charge in [0.05, 0.1) is 5.54 Å². The van der Waals surface area contributed by atoms with Gasteiger partial charge in [0.25, 0.3) is 0 Å². The third-order valence-electron chi connectivity index (χ3n) is 3.30. The van der Waals surface area contributed by atoms with Crippen LogP contribution in [0.2, 0.25) is 0 Å². The van der Waals surface area contributed by atoms with Crippen LogP contribution in [0.4, 0.5) is 0 Å². The Morgan fingerprint density at radius 2 is 1.56 bits per heavy atom. The average molecular weight is 243 g/mol. The quantitative estimate of drug-likeness (QED) is 0.725. The van der Waals surface area contributed by atoms with Crippen LogP contribution in [0.3, 0.4) is 0 Å². The van der Waals surface area contributed by atoms with Crippen molar-refractivity contribution in [1.82, 2.24) is 4.90 Å². The molecule has 1 aromatic rings. The van der Waals surface area contributed by atoms with E-state index < -0.39 is 0 Å². The Morgan fingerprint density at radius 1 is 1.06 bits per heavy atom. The van der Waals surface area contributed by atoms with Crippen molar-refractivity contribution >= 4 is 0 Å². The highest BCUT2D eigenvalue weighted by molar-refractivity contribution is 5.22. The van der Waals surface area contributed by atoms with Crippen LogP contribution >= 0.6 is 0 Å². The van der Waals surface area contributed by atoms with Gasteiger partial charge in [-0.2, -0.15) is 0 Å². The molecule has 1 heteroatoms. The van der Waals surface area contributed by atoms with E-state index in [9.17, 15) is 0 Å². The standard InChI is InChI=1S/C17H25N/c1-8-17(6,7)18(16(3,4)5)13-15-11-9-14(2)10-12-15/h1,9-12H,13H2,2-7H3. The van der Waals surface area contributed by atoms with Gasteiger partial charge in [-0.25, -0.2) is 0 Å². The third-order valence-corrected chi connectivity index (χ3v) is 3.30. The predicted octanol–water partition coefficient (Wildman–Crippen LogP) is 4.01. The molecule has 0 fully saturated rings. The van der Waals surface area contributed by atoms with Gasteiger partial charge in [0.1, 0.15) is 0 Å². The van der Waals surface area contributed by atoms with Crippen molar-refractivity contribution in [3.8, 4) is 12.3 Å². The molecule has 0 spiro atoms. The molecule has 0 N–H and O–H groups in total. The molecule has 0 saturated heterocycles. The van der Waals surface area contributed by atoms with Crippen molar-refractivity contribution < 1.29 is 0 Å². The number of hydrogen-bond donors (Lipinski definition) is 0. The van der Waals surface area contributed by atoms with E-state index in [1.165, 1.54) is 11.1 Å².